The number of thioether (sulfide) groups is 1. The van der Waals surface area contributed by atoms with Crippen LogP contribution in [0.1, 0.15) is 18.4 Å². The first-order valence-corrected chi connectivity index (χ1v) is 5.42. The summed E-state index contributed by atoms with van der Waals surface area (Å²) in [6.07, 6.45) is 2.59. The average molecular weight is 189 g/mol. The molecular weight excluding hydrogens is 178 g/mol. The Morgan fingerprint density at radius 3 is 2.92 bits per heavy atom. The largest absolute Gasteiger partial charge is 0.349 e. The van der Waals surface area contributed by atoms with Crippen LogP contribution in [0.5, 0.6) is 0 Å². The van der Waals surface area contributed by atoms with E-state index in [4.69, 9.17) is 0 Å². The van der Waals surface area contributed by atoms with Crippen molar-refractivity contribution < 1.29 is 0 Å². The third-order valence-electron chi connectivity index (χ3n) is 2.42. The van der Waals surface area contributed by atoms with Crippen LogP contribution < -0.4 is 5.32 Å². The SMILES string of the molecule is Cc1ccc2c(c1)NC(=C1CC1)S2. The highest BCUT2D eigenvalue weighted by Crippen LogP contribution is 2.47. The fraction of sp³-hybridized carbons (Fsp3) is 0.273. The summed E-state index contributed by atoms with van der Waals surface area (Å²) in [4.78, 5) is 1.38. The molecule has 0 radical (unpaired) electrons. The molecule has 3 rings (SSSR count). The molecular formula is C11H11NS. The Hall–Kier alpha value is -0.890. The molecule has 1 aromatic rings. The van der Waals surface area contributed by atoms with Crippen LogP contribution in [0.25, 0.3) is 0 Å². The topological polar surface area (TPSA) is 12.0 Å². The van der Waals surface area contributed by atoms with Crippen molar-refractivity contribution in [3.63, 3.8) is 0 Å². The Balaban J connectivity index is 2.04. The Morgan fingerprint density at radius 2 is 2.15 bits per heavy atom. The number of hydrogen-bond donors (Lipinski definition) is 1. The van der Waals surface area contributed by atoms with E-state index in [1.54, 1.807) is 5.57 Å². The predicted molar refractivity (Wildman–Crippen MR) is 56.9 cm³/mol. The Labute approximate surface area is 82.2 Å². The van der Waals surface area contributed by atoms with E-state index in [-0.39, 0.29) is 0 Å². The van der Waals surface area contributed by atoms with Gasteiger partial charge >= 0.3 is 0 Å². The maximum absolute atomic E-state index is 3.48. The van der Waals surface area contributed by atoms with Crippen LogP contribution in [-0.2, 0) is 0 Å². The van der Waals surface area contributed by atoms with E-state index < -0.39 is 0 Å². The number of fused-ring (bicyclic) bond motifs is 1. The molecule has 0 spiro atoms. The fourth-order valence-corrected chi connectivity index (χ4v) is 2.62. The van der Waals surface area contributed by atoms with Gasteiger partial charge in [0.25, 0.3) is 0 Å². The third-order valence-corrected chi connectivity index (χ3v) is 3.59. The lowest BCUT2D eigenvalue weighted by molar-refractivity contribution is 1.38. The summed E-state index contributed by atoms with van der Waals surface area (Å²) in [7, 11) is 0. The number of anilines is 1. The number of allylic oxidation sites excluding steroid dienone is 1. The van der Waals surface area contributed by atoms with Crippen molar-refractivity contribution in [2.24, 2.45) is 0 Å². The molecule has 1 nitrogen and oxygen atoms in total. The molecule has 13 heavy (non-hydrogen) atoms. The molecule has 0 atom stereocenters. The molecule has 1 heterocycles. The molecule has 0 aromatic heterocycles. The minimum Gasteiger partial charge on any atom is -0.349 e. The molecule has 1 aliphatic carbocycles. The van der Waals surface area contributed by atoms with Gasteiger partial charge in [0.15, 0.2) is 0 Å². The van der Waals surface area contributed by atoms with Gasteiger partial charge in [-0.3, -0.25) is 0 Å². The Kier molecular flexibility index (Phi) is 1.47. The molecule has 1 saturated carbocycles. The van der Waals surface area contributed by atoms with E-state index in [1.807, 2.05) is 11.8 Å². The molecule has 2 aliphatic rings. The van der Waals surface area contributed by atoms with Gasteiger partial charge in [-0.05, 0) is 43.0 Å². The second-order valence-corrected chi connectivity index (χ2v) is 4.71. The van der Waals surface area contributed by atoms with Crippen LogP contribution >= 0.6 is 11.8 Å². The molecule has 0 unspecified atom stereocenters. The van der Waals surface area contributed by atoms with Crippen LogP contribution in [0.2, 0.25) is 0 Å². The normalized spacial score (nSPS) is 18.5. The zero-order chi connectivity index (χ0) is 8.84. The summed E-state index contributed by atoms with van der Waals surface area (Å²) >= 11 is 1.88. The monoisotopic (exact) mass is 189 g/mol. The van der Waals surface area contributed by atoms with E-state index in [0.717, 1.165) is 0 Å². The number of hydrogen-bond acceptors (Lipinski definition) is 2. The van der Waals surface area contributed by atoms with E-state index in [1.165, 1.54) is 34.0 Å². The zero-order valence-electron chi connectivity index (χ0n) is 7.55. The van der Waals surface area contributed by atoms with Crippen molar-refractivity contribution >= 4 is 17.4 Å². The predicted octanol–water partition coefficient (Wildman–Crippen LogP) is 3.52. The Bertz CT molecular complexity index is 401. The quantitative estimate of drug-likeness (QED) is 0.670. The van der Waals surface area contributed by atoms with Gasteiger partial charge in [-0.15, -0.1) is 0 Å². The van der Waals surface area contributed by atoms with Gasteiger partial charge in [0.1, 0.15) is 0 Å². The summed E-state index contributed by atoms with van der Waals surface area (Å²) in [5.41, 5.74) is 4.21. The number of aryl methyl sites for hydroxylation is 1. The van der Waals surface area contributed by atoms with Crippen molar-refractivity contribution in [1.82, 2.24) is 0 Å². The van der Waals surface area contributed by atoms with Gasteiger partial charge in [0.05, 0.1) is 10.7 Å². The lowest BCUT2D eigenvalue weighted by Gasteiger charge is -1.98. The van der Waals surface area contributed by atoms with Gasteiger partial charge in [-0.1, -0.05) is 17.8 Å². The second-order valence-electron chi connectivity index (χ2n) is 3.66. The van der Waals surface area contributed by atoms with Crippen LogP contribution in [0, 0.1) is 6.92 Å². The lowest BCUT2D eigenvalue weighted by atomic mass is 10.2. The fourth-order valence-electron chi connectivity index (χ4n) is 1.54. The standard InChI is InChI=1S/C11H11NS/c1-7-2-5-10-9(6-7)12-11(13-10)8-3-4-8/h2,5-6,12H,3-4H2,1H3. The van der Waals surface area contributed by atoms with E-state index in [0.29, 0.717) is 0 Å². The molecule has 2 heteroatoms. The smallest absolute Gasteiger partial charge is 0.0767 e. The van der Waals surface area contributed by atoms with Crippen molar-refractivity contribution in [2.75, 3.05) is 5.32 Å². The van der Waals surface area contributed by atoms with Crippen molar-refractivity contribution in [3.8, 4) is 0 Å². The Morgan fingerprint density at radius 1 is 1.31 bits per heavy atom. The van der Waals surface area contributed by atoms with Crippen LogP contribution in [0.3, 0.4) is 0 Å². The first-order valence-electron chi connectivity index (χ1n) is 4.60. The first kappa shape index (κ1) is 7.51. The van der Waals surface area contributed by atoms with Gasteiger partial charge in [-0.25, -0.2) is 0 Å². The van der Waals surface area contributed by atoms with Crippen LogP contribution in [0.15, 0.2) is 33.7 Å². The van der Waals surface area contributed by atoms with E-state index >= 15 is 0 Å². The highest BCUT2D eigenvalue weighted by molar-refractivity contribution is 8.03. The van der Waals surface area contributed by atoms with Gasteiger partial charge in [0, 0.05) is 4.90 Å². The molecule has 0 saturated heterocycles. The van der Waals surface area contributed by atoms with Crippen LogP contribution in [-0.4, -0.2) is 0 Å². The molecule has 66 valence electrons. The first-order chi connectivity index (χ1) is 6.33. The molecule has 1 aromatic carbocycles. The maximum Gasteiger partial charge on any atom is 0.0767 e. The summed E-state index contributed by atoms with van der Waals surface area (Å²) in [6, 6.07) is 6.60. The van der Waals surface area contributed by atoms with Crippen molar-refractivity contribution in [3.05, 3.63) is 34.4 Å². The average Bonchev–Trinajstić information content (AvgIpc) is 2.87. The van der Waals surface area contributed by atoms with Crippen molar-refractivity contribution in [2.45, 2.75) is 24.7 Å². The van der Waals surface area contributed by atoms with Gasteiger partial charge in [-0.2, -0.15) is 0 Å². The van der Waals surface area contributed by atoms with E-state index in [2.05, 4.69) is 30.4 Å². The number of rotatable bonds is 0. The molecule has 0 amide bonds. The minimum absolute atomic E-state index is 1.29. The molecule has 0 bridgehead atoms. The number of nitrogens with one attached hydrogen (secondary N) is 1. The zero-order valence-corrected chi connectivity index (χ0v) is 8.37. The summed E-state index contributed by atoms with van der Waals surface area (Å²) in [5, 5.41) is 4.87. The lowest BCUT2D eigenvalue weighted by Crippen LogP contribution is -1.87. The highest BCUT2D eigenvalue weighted by Gasteiger charge is 2.24. The van der Waals surface area contributed by atoms with E-state index in [9.17, 15) is 0 Å². The second kappa shape index (κ2) is 2.55. The minimum atomic E-state index is 1.29. The van der Waals surface area contributed by atoms with Crippen LogP contribution in [0.4, 0.5) is 5.69 Å². The van der Waals surface area contributed by atoms with Crippen molar-refractivity contribution in [1.29, 1.82) is 0 Å². The molecule has 1 fully saturated rings. The maximum atomic E-state index is 3.48. The number of benzene rings is 1. The highest BCUT2D eigenvalue weighted by atomic mass is 32.2. The summed E-state index contributed by atoms with van der Waals surface area (Å²) in [6.45, 7) is 2.13. The summed E-state index contributed by atoms with van der Waals surface area (Å²) in [5.74, 6) is 0. The van der Waals surface area contributed by atoms with Gasteiger partial charge in [0.2, 0.25) is 0 Å². The van der Waals surface area contributed by atoms with Gasteiger partial charge < -0.3 is 5.32 Å². The molecule has 1 aliphatic heterocycles. The third kappa shape index (κ3) is 1.25. The summed E-state index contributed by atoms with van der Waals surface area (Å²) < 4.78 is 0. The molecule has 1 N–H and O–H groups in total.